The largest absolute Gasteiger partial charge is 0.303 e. The number of nitrogens with zero attached hydrogens (tertiary/aromatic N) is 1. The highest BCUT2D eigenvalue weighted by molar-refractivity contribution is 7.85. The number of rotatable bonds is 4. The second kappa shape index (κ2) is 4.59. The topological polar surface area (TPSA) is 57.6 Å². The molecule has 1 N–H and O–H groups in total. The molecule has 1 heterocycles. The van der Waals surface area contributed by atoms with Crippen molar-refractivity contribution in [3.63, 3.8) is 0 Å². The minimum atomic E-state index is -3.81. The van der Waals surface area contributed by atoms with Gasteiger partial charge in [-0.2, -0.15) is 8.42 Å². The van der Waals surface area contributed by atoms with Gasteiger partial charge >= 0.3 is 0 Å². The molecule has 0 aromatic heterocycles. The Morgan fingerprint density at radius 1 is 1.43 bits per heavy atom. The first-order chi connectivity index (χ1) is 6.42. The van der Waals surface area contributed by atoms with Gasteiger partial charge in [0.1, 0.15) is 0 Å². The molecule has 1 rings (SSSR count). The molecule has 2 atom stereocenters. The zero-order valence-corrected chi connectivity index (χ0v) is 9.63. The molecule has 84 valence electrons. The molecule has 0 aliphatic carbocycles. The lowest BCUT2D eigenvalue weighted by Crippen LogP contribution is -2.24. The molecule has 2 unspecified atom stereocenters. The van der Waals surface area contributed by atoms with E-state index in [1.807, 2.05) is 6.92 Å². The average molecular weight is 221 g/mol. The lowest BCUT2D eigenvalue weighted by Gasteiger charge is -2.13. The van der Waals surface area contributed by atoms with Crippen molar-refractivity contribution < 1.29 is 13.0 Å². The van der Waals surface area contributed by atoms with E-state index in [1.54, 1.807) is 0 Å². The summed E-state index contributed by atoms with van der Waals surface area (Å²) < 4.78 is 30.2. The lowest BCUT2D eigenvalue weighted by molar-refractivity contribution is 0.324. The summed E-state index contributed by atoms with van der Waals surface area (Å²) in [6.45, 7) is 6.93. The maximum Gasteiger partial charge on any atom is 0.265 e. The van der Waals surface area contributed by atoms with E-state index in [1.165, 1.54) is 0 Å². The van der Waals surface area contributed by atoms with Gasteiger partial charge in [-0.15, -0.1) is 0 Å². The van der Waals surface area contributed by atoms with Crippen LogP contribution in [0.1, 0.15) is 20.3 Å². The third-order valence-electron chi connectivity index (χ3n) is 2.81. The summed E-state index contributed by atoms with van der Waals surface area (Å²) in [6, 6.07) is 0. The maximum absolute atomic E-state index is 10.7. The van der Waals surface area contributed by atoms with Gasteiger partial charge in [0, 0.05) is 13.1 Å². The Bertz CT molecular complexity index is 276. The van der Waals surface area contributed by atoms with E-state index in [2.05, 4.69) is 11.8 Å². The molecule has 0 spiro atoms. The first-order valence-corrected chi connectivity index (χ1v) is 6.70. The fourth-order valence-electron chi connectivity index (χ4n) is 2.13. The number of hydrogen-bond donors (Lipinski definition) is 1. The van der Waals surface area contributed by atoms with Crippen LogP contribution in [0.15, 0.2) is 0 Å². The molecule has 1 saturated heterocycles. The van der Waals surface area contributed by atoms with Crippen molar-refractivity contribution >= 4 is 10.1 Å². The predicted octanol–water partition coefficient (Wildman–Crippen LogP) is 0.852. The van der Waals surface area contributed by atoms with Gasteiger partial charge in [-0.25, -0.2) is 0 Å². The normalized spacial score (nSPS) is 29.6. The van der Waals surface area contributed by atoms with Crippen LogP contribution in [0.4, 0.5) is 0 Å². The molecule has 14 heavy (non-hydrogen) atoms. The minimum Gasteiger partial charge on any atom is -0.303 e. The number of likely N-dealkylation sites (tertiary alicyclic amines) is 1. The fraction of sp³-hybridized carbons (Fsp3) is 1.00. The highest BCUT2D eigenvalue weighted by Crippen LogP contribution is 2.24. The highest BCUT2D eigenvalue weighted by Gasteiger charge is 2.31. The number of hydrogen-bond acceptors (Lipinski definition) is 3. The van der Waals surface area contributed by atoms with Gasteiger partial charge in [0.05, 0.1) is 5.75 Å². The van der Waals surface area contributed by atoms with Gasteiger partial charge in [0.15, 0.2) is 0 Å². The third kappa shape index (κ3) is 3.55. The molecular weight excluding hydrogens is 202 g/mol. The van der Waals surface area contributed by atoms with Crippen molar-refractivity contribution in [2.75, 3.05) is 25.4 Å². The van der Waals surface area contributed by atoms with E-state index in [0.717, 1.165) is 26.1 Å². The zero-order chi connectivity index (χ0) is 10.8. The third-order valence-corrected chi connectivity index (χ3v) is 3.66. The second-order valence-electron chi connectivity index (χ2n) is 4.25. The van der Waals surface area contributed by atoms with Gasteiger partial charge in [-0.05, 0) is 24.8 Å². The quantitative estimate of drug-likeness (QED) is 0.715. The summed E-state index contributed by atoms with van der Waals surface area (Å²) in [6.07, 6.45) is 1.09. The maximum atomic E-state index is 10.7. The summed E-state index contributed by atoms with van der Waals surface area (Å²) in [5.41, 5.74) is 0. The van der Waals surface area contributed by atoms with Gasteiger partial charge in [0.25, 0.3) is 10.1 Å². The molecule has 4 nitrogen and oxygen atoms in total. The molecular formula is C9H19NO3S. The Hall–Kier alpha value is -0.130. The Balaban J connectivity index is 2.49. The molecule has 0 radical (unpaired) electrons. The van der Waals surface area contributed by atoms with Crippen LogP contribution in [-0.2, 0) is 10.1 Å². The zero-order valence-electron chi connectivity index (χ0n) is 8.81. The van der Waals surface area contributed by atoms with Crippen molar-refractivity contribution in [2.24, 2.45) is 11.8 Å². The van der Waals surface area contributed by atoms with Crippen molar-refractivity contribution in [1.82, 2.24) is 4.90 Å². The van der Waals surface area contributed by atoms with Crippen LogP contribution in [0.25, 0.3) is 0 Å². The first-order valence-electron chi connectivity index (χ1n) is 5.10. The Kier molecular flexibility index (Phi) is 3.92. The SMILES string of the molecule is CCCN1CC(C)C(CS(=O)(=O)O)C1. The first kappa shape index (κ1) is 11.9. The minimum absolute atomic E-state index is 0.0889. The van der Waals surface area contributed by atoms with E-state index in [0.29, 0.717) is 5.92 Å². The van der Waals surface area contributed by atoms with E-state index in [-0.39, 0.29) is 11.7 Å². The van der Waals surface area contributed by atoms with E-state index < -0.39 is 10.1 Å². The van der Waals surface area contributed by atoms with Crippen molar-refractivity contribution in [3.8, 4) is 0 Å². The van der Waals surface area contributed by atoms with Gasteiger partial charge in [0.2, 0.25) is 0 Å². The Morgan fingerprint density at radius 3 is 2.57 bits per heavy atom. The van der Waals surface area contributed by atoms with Crippen LogP contribution in [0.3, 0.4) is 0 Å². The Labute approximate surface area is 86.0 Å². The van der Waals surface area contributed by atoms with Gasteiger partial charge in [-0.1, -0.05) is 13.8 Å². The second-order valence-corrected chi connectivity index (χ2v) is 5.74. The summed E-state index contributed by atoms with van der Waals surface area (Å²) in [5, 5.41) is 0. The molecule has 0 aromatic rings. The summed E-state index contributed by atoms with van der Waals surface area (Å²) in [4.78, 5) is 2.26. The molecule has 1 aliphatic heterocycles. The van der Waals surface area contributed by atoms with Crippen LogP contribution >= 0.6 is 0 Å². The van der Waals surface area contributed by atoms with Crippen LogP contribution in [0.2, 0.25) is 0 Å². The van der Waals surface area contributed by atoms with Crippen LogP contribution in [-0.4, -0.2) is 43.3 Å². The molecule has 0 bridgehead atoms. The van der Waals surface area contributed by atoms with Crippen LogP contribution in [0, 0.1) is 11.8 Å². The van der Waals surface area contributed by atoms with Gasteiger partial charge < -0.3 is 4.90 Å². The smallest absolute Gasteiger partial charge is 0.265 e. The monoisotopic (exact) mass is 221 g/mol. The molecule has 0 saturated carbocycles. The molecule has 1 fully saturated rings. The van der Waals surface area contributed by atoms with Crippen LogP contribution < -0.4 is 0 Å². The highest BCUT2D eigenvalue weighted by atomic mass is 32.2. The molecule has 1 aliphatic rings. The summed E-state index contributed by atoms with van der Waals surface area (Å²) in [7, 11) is -3.81. The molecule has 5 heteroatoms. The molecule has 0 aromatic carbocycles. The summed E-state index contributed by atoms with van der Waals surface area (Å²) in [5.74, 6) is 0.369. The standard InChI is InChI=1S/C9H19NO3S/c1-3-4-10-5-8(2)9(6-10)7-14(11,12)13/h8-9H,3-7H2,1-2H3,(H,11,12,13). The van der Waals surface area contributed by atoms with Crippen molar-refractivity contribution in [1.29, 1.82) is 0 Å². The van der Waals surface area contributed by atoms with E-state index in [4.69, 9.17) is 4.55 Å². The van der Waals surface area contributed by atoms with Gasteiger partial charge in [-0.3, -0.25) is 4.55 Å². The fourth-order valence-corrected chi connectivity index (χ4v) is 3.10. The average Bonchev–Trinajstić information content (AvgIpc) is 2.29. The lowest BCUT2D eigenvalue weighted by atomic mass is 10.0. The van der Waals surface area contributed by atoms with E-state index in [9.17, 15) is 8.42 Å². The van der Waals surface area contributed by atoms with Crippen molar-refractivity contribution in [2.45, 2.75) is 20.3 Å². The van der Waals surface area contributed by atoms with Crippen molar-refractivity contribution in [3.05, 3.63) is 0 Å². The Morgan fingerprint density at radius 2 is 2.07 bits per heavy atom. The van der Waals surface area contributed by atoms with E-state index >= 15 is 0 Å². The summed E-state index contributed by atoms with van der Waals surface area (Å²) >= 11 is 0. The molecule has 0 amide bonds. The predicted molar refractivity (Wildman–Crippen MR) is 55.8 cm³/mol. The van der Waals surface area contributed by atoms with Crippen LogP contribution in [0.5, 0.6) is 0 Å².